The highest BCUT2D eigenvalue weighted by Gasteiger charge is 2.18. The van der Waals surface area contributed by atoms with Gasteiger partial charge in [0.15, 0.2) is 17.3 Å². The van der Waals surface area contributed by atoms with Crippen LogP contribution in [0.1, 0.15) is 31.2 Å². The largest absolute Gasteiger partial charge is 0.486 e. The number of hydrogen-bond acceptors (Lipinski definition) is 7. The summed E-state index contributed by atoms with van der Waals surface area (Å²) in [5, 5.41) is 7.01. The number of sulfonamides is 1. The molecule has 0 atom stereocenters. The van der Waals surface area contributed by atoms with Crippen molar-refractivity contribution in [2.24, 2.45) is 0 Å². The van der Waals surface area contributed by atoms with E-state index in [1.54, 1.807) is 23.1 Å². The highest BCUT2D eigenvalue weighted by Crippen LogP contribution is 2.32. The average molecular weight is 486 g/mol. The van der Waals surface area contributed by atoms with Crippen molar-refractivity contribution in [3.8, 4) is 17.3 Å². The van der Waals surface area contributed by atoms with E-state index in [1.165, 1.54) is 12.1 Å². The summed E-state index contributed by atoms with van der Waals surface area (Å²) in [6.45, 7) is 1.55. The summed E-state index contributed by atoms with van der Waals surface area (Å²) in [4.78, 5) is 16.6. The zero-order valence-corrected chi connectivity index (χ0v) is 19.5. The van der Waals surface area contributed by atoms with E-state index in [4.69, 9.17) is 9.47 Å². The molecule has 1 aliphatic rings. The van der Waals surface area contributed by atoms with E-state index in [1.807, 2.05) is 24.4 Å². The van der Waals surface area contributed by atoms with Gasteiger partial charge < -0.3 is 14.8 Å². The number of amides is 1. The van der Waals surface area contributed by atoms with Crippen LogP contribution in [0, 0.1) is 0 Å². The molecule has 0 spiro atoms. The molecule has 3 heterocycles. The number of carbonyl (C=O) groups is 1. The van der Waals surface area contributed by atoms with Gasteiger partial charge in [-0.15, -0.1) is 0 Å². The topological polar surface area (TPSA) is 124 Å². The van der Waals surface area contributed by atoms with Crippen LogP contribution in [0.3, 0.4) is 0 Å². The van der Waals surface area contributed by atoms with Gasteiger partial charge in [0.05, 0.1) is 4.90 Å². The van der Waals surface area contributed by atoms with Gasteiger partial charge in [-0.1, -0.05) is 12.5 Å². The molecule has 1 amide bonds. The number of unbranched alkanes of at least 4 members (excludes halogenated alkanes) is 2. The van der Waals surface area contributed by atoms with Crippen LogP contribution in [0.15, 0.2) is 59.9 Å². The van der Waals surface area contributed by atoms with Gasteiger partial charge in [0.1, 0.15) is 13.2 Å². The molecule has 0 saturated carbocycles. The first-order chi connectivity index (χ1) is 16.5. The summed E-state index contributed by atoms with van der Waals surface area (Å²) in [6, 6.07) is 10.2. The van der Waals surface area contributed by atoms with Gasteiger partial charge in [0, 0.05) is 44.2 Å². The Morgan fingerprint density at radius 2 is 1.91 bits per heavy atom. The summed E-state index contributed by atoms with van der Waals surface area (Å²) < 4.78 is 40.1. The molecule has 0 aliphatic carbocycles. The van der Waals surface area contributed by atoms with Crippen LogP contribution in [-0.2, 0) is 21.4 Å². The van der Waals surface area contributed by atoms with Crippen molar-refractivity contribution in [3.05, 3.63) is 60.6 Å². The molecule has 1 aromatic carbocycles. The SMILES string of the molecule is O=C(CCCCCNS(=O)(=O)c1ccc2c(c1)OCCO2)NCc1ccc(-n2cccn2)nc1. The Morgan fingerprint density at radius 1 is 1.06 bits per heavy atom. The highest BCUT2D eigenvalue weighted by molar-refractivity contribution is 7.89. The number of ether oxygens (including phenoxy) is 2. The summed E-state index contributed by atoms with van der Waals surface area (Å²) in [5.41, 5.74) is 0.901. The Balaban J connectivity index is 1.11. The standard InChI is InChI=1S/C23H27N5O5S/c29-23(25-17-18-6-9-22(24-16-18)28-12-4-10-26-28)5-2-1-3-11-27-34(30,31)19-7-8-20-21(15-19)33-14-13-32-20/h4,6-10,12,15-16,27H,1-3,5,11,13-14,17H2,(H,25,29). The number of nitrogens with one attached hydrogen (secondary N) is 2. The first-order valence-electron chi connectivity index (χ1n) is 11.1. The molecule has 1 aliphatic heterocycles. The molecular formula is C23H27N5O5S. The molecule has 0 fully saturated rings. The van der Waals surface area contributed by atoms with Crippen molar-refractivity contribution < 1.29 is 22.7 Å². The molecule has 10 nitrogen and oxygen atoms in total. The van der Waals surface area contributed by atoms with Gasteiger partial charge in [-0.25, -0.2) is 22.8 Å². The summed E-state index contributed by atoms with van der Waals surface area (Å²) in [5.74, 6) is 1.65. The van der Waals surface area contributed by atoms with Crippen molar-refractivity contribution in [1.82, 2.24) is 24.8 Å². The first-order valence-corrected chi connectivity index (χ1v) is 12.6. The third kappa shape index (κ3) is 6.33. The third-order valence-electron chi connectivity index (χ3n) is 5.23. The lowest BCUT2D eigenvalue weighted by Gasteiger charge is -2.18. The van der Waals surface area contributed by atoms with Crippen LogP contribution in [0.25, 0.3) is 5.82 Å². The van der Waals surface area contributed by atoms with Crippen molar-refractivity contribution in [3.63, 3.8) is 0 Å². The lowest BCUT2D eigenvalue weighted by molar-refractivity contribution is -0.121. The quantitative estimate of drug-likeness (QED) is 0.399. The van der Waals surface area contributed by atoms with E-state index in [2.05, 4.69) is 20.1 Å². The highest BCUT2D eigenvalue weighted by atomic mass is 32.2. The molecule has 0 saturated heterocycles. The second kappa shape index (κ2) is 11.1. The van der Waals surface area contributed by atoms with Gasteiger partial charge >= 0.3 is 0 Å². The molecular weight excluding hydrogens is 458 g/mol. The monoisotopic (exact) mass is 485 g/mol. The molecule has 4 rings (SSSR count). The number of nitrogens with zero attached hydrogens (tertiary/aromatic N) is 3. The Bertz CT molecular complexity index is 1200. The predicted octanol–water partition coefficient (Wildman–Crippen LogP) is 2.19. The number of hydrogen-bond donors (Lipinski definition) is 2. The van der Waals surface area contributed by atoms with Crippen molar-refractivity contribution in [2.45, 2.75) is 37.1 Å². The first kappa shape index (κ1) is 23.7. The smallest absolute Gasteiger partial charge is 0.240 e. The molecule has 2 aromatic heterocycles. The molecule has 0 bridgehead atoms. The second-order valence-corrected chi connectivity index (χ2v) is 9.53. The summed E-state index contributed by atoms with van der Waals surface area (Å²) >= 11 is 0. The fraction of sp³-hybridized carbons (Fsp3) is 0.348. The minimum Gasteiger partial charge on any atom is -0.486 e. The number of aromatic nitrogens is 3. The fourth-order valence-electron chi connectivity index (χ4n) is 3.42. The molecule has 2 N–H and O–H groups in total. The normalized spacial score (nSPS) is 12.9. The van der Waals surface area contributed by atoms with Crippen LogP contribution in [0.5, 0.6) is 11.5 Å². The molecule has 180 valence electrons. The third-order valence-corrected chi connectivity index (χ3v) is 6.69. The predicted molar refractivity (Wildman–Crippen MR) is 124 cm³/mol. The summed E-state index contributed by atoms with van der Waals surface area (Å²) in [6.07, 6.45) is 7.64. The summed E-state index contributed by atoms with van der Waals surface area (Å²) in [7, 11) is -3.63. The van der Waals surface area contributed by atoms with Gasteiger partial charge in [0.25, 0.3) is 0 Å². The van der Waals surface area contributed by atoms with Gasteiger partial charge in [-0.05, 0) is 42.7 Å². The van der Waals surface area contributed by atoms with E-state index in [0.717, 1.165) is 12.0 Å². The Morgan fingerprint density at radius 3 is 2.68 bits per heavy atom. The molecule has 34 heavy (non-hydrogen) atoms. The van der Waals surface area contributed by atoms with Gasteiger partial charge in [-0.2, -0.15) is 5.10 Å². The van der Waals surface area contributed by atoms with E-state index in [0.29, 0.717) is 62.9 Å². The van der Waals surface area contributed by atoms with Crippen LogP contribution >= 0.6 is 0 Å². The van der Waals surface area contributed by atoms with Crippen molar-refractivity contribution >= 4 is 15.9 Å². The Kier molecular flexibility index (Phi) is 7.76. The molecule has 11 heteroatoms. The van der Waals surface area contributed by atoms with Crippen LogP contribution in [0.4, 0.5) is 0 Å². The van der Waals surface area contributed by atoms with Crippen molar-refractivity contribution in [1.29, 1.82) is 0 Å². The zero-order valence-electron chi connectivity index (χ0n) is 18.6. The van der Waals surface area contributed by atoms with Crippen LogP contribution in [-0.4, -0.2) is 48.8 Å². The lowest BCUT2D eigenvalue weighted by Crippen LogP contribution is -2.25. The van der Waals surface area contributed by atoms with Crippen LogP contribution < -0.4 is 19.5 Å². The Hall–Kier alpha value is -3.44. The van der Waals surface area contributed by atoms with Crippen LogP contribution in [0.2, 0.25) is 0 Å². The maximum Gasteiger partial charge on any atom is 0.240 e. The number of pyridine rings is 1. The zero-order chi connectivity index (χ0) is 23.8. The maximum absolute atomic E-state index is 12.5. The van der Waals surface area contributed by atoms with E-state index >= 15 is 0 Å². The maximum atomic E-state index is 12.5. The minimum absolute atomic E-state index is 0.0481. The Labute approximate surface area is 198 Å². The van der Waals surface area contributed by atoms with Gasteiger partial charge in [-0.3, -0.25) is 4.79 Å². The minimum atomic E-state index is -3.63. The van der Waals surface area contributed by atoms with Gasteiger partial charge in [0.2, 0.25) is 15.9 Å². The second-order valence-electron chi connectivity index (χ2n) is 7.77. The van der Waals surface area contributed by atoms with E-state index < -0.39 is 10.0 Å². The number of fused-ring (bicyclic) bond motifs is 1. The fourth-order valence-corrected chi connectivity index (χ4v) is 4.51. The number of rotatable bonds is 11. The van der Waals surface area contributed by atoms with E-state index in [9.17, 15) is 13.2 Å². The lowest BCUT2D eigenvalue weighted by atomic mass is 10.2. The average Bonchev–Trinajstić information content (AvgIpc) is 3.40. The number of benzene rings is 1. The number of carbonyl (C=O) groups excluding carboxylic acids is 1. The molecule has 3 aromatic rings. The van der Waals surface area contributed by atoms with Crippen molar-refractivity contribution in [2.75, 3.05) is 19.8 Å². The molecule has 0 unspecified atom stereocenters. The molecule has 0 radical (unpaired) electrons. The van der Waals surface area contributed by atoms with E-state index in [-0.39, 0.29) is 10.8 Å².